The predicted molar refractivity (Wildman–Crippen MR) is 65.1 cm³/mol. The summed E-state index contributed by atoms with van der Waals surface area (Å²) in [4.78, 5) is 12.5. The number of nitrogens with two attached hydrogens (primary N) is 1. The number of halogens is 1. The van der Waals surface area contributed by atoms with E-state index in [2.05, 4.69) is 0 Å². The van der Waals surface area contributed by atoms with Crippen molar-refractivity contribution in [3.05, 3.63) is 45.9 Å². The molecule has 0 bridgehead atoms. The van der Waals surface area contributed by atoms with Gasteiger partial charge in [0.2, 0.25) is 5.78 Å². The van der Waals surface area contributed by atoms with Crippen molar-refractivity contribution in [3.63, 3.8) is 0 Å². The molecule has 88 valence electrons. The zero-order valence-electron chi connectivity index (χ0n) is 9.07. The van der Waals surface area contributed by atoms with Gasteiger partial charge >= 0.3 is 0 Å². The molecule has 0 fully saturated rings. The number of hydrogen-bond donors (Lipinski definition) is 1. The van der Waals surface area contributed by atoms with Crippen molar-refractivity contribution in [1.82, 2.24) is 0 Å². The number of hydrogen-bond acceptors (Lipinski definition) is 4. The van der Waals surface area contributed by atoms with Crippen LogP contribution in [0.15, 0.2) is 29.6 Å². The van der Waals surface area contributed by atoms with Gasteiger partial charge in [0.25, 0.3) is 0 Å². The first kappa shape index (κ1) is 11.6. The zero-order valence-corrected chi connectivity index (χ0v) is 9.88. The lowest BCUT2D eigenvalue weighted by molar-refractivity contribution is 0.104. The van der Waals surface area contributed by atoms with Crippen molar-refractivity contribution in [2.24, 2.45) is 0 Å². The number of benzene rings is 1. The Kier molecular flexibility index (Phi) is 3.10. The molecule has 1 aromatic carbocycles. The van der Waals surface area contributed by atoms with Crippen LogP contribution in [0.3, 0.4) is 0 Å². The molecule has 5 heteroatoms. The Morgan fingerprint density at radius 3 is 2.76 bits per heavy atom. The maximum absolute atomic E-state index is 13.2. The molecule has 1 aromatic heterocycles. The van der Waals surface area contributed by atoms with E-state index in [1.165, 1.54) is 30.6 Å². The summed E-state index contributed by atoms with van der Waals surface area (Å²) in [5.74, 6) is -0.203. The van der Waals surface area contributed by atoms with Crippen LogP contribution in [0.1, 0.15) is 15.2 Å². The number of carbonyl (C=O) groups is 1. The van der Waals surface area contributed by atoms with Gasteiger partial charge in [0.15, 0.2) is 0 Å². The molecule has 0 atom stereocenters. The van der Waals surface area contributed by atoms with Gasteiger partial charge in [-0.25, -0.2) is 4.39 Å². The smallest absolute Gasteiger partial charge is 0.203 e. The molecule has 3 nitrogen and oxygen atoms in total. The number of rotatable bonds is 3. The van der Waals surface area contributed by atoms with Crippen molar-refractivity contribution in [2.75, 3.05) is 12.8 Å². The molecule has 0 spiro atoms. The summed E-state index contributed by atoms with van der Waals surface area (Å²) in [6, 6.07) is 5.66. The number of ketones is 1. The van der Waals surface area contributed by atoms with Gasteiger partial charge in [0.1, 0.15) is 11.6 Å². The minimum absolute atomic E-state index is 0.0327. The van der Waals surface area contributed by atoms with Crippen molar-refractivity contribution in [3.8, 4) is 5.75 Å². The average molecular weight is 251 g/mol. The second-order valence-electron chi connectivity index (χ2n) is 3.42. The van der Waals surface area contributed by atoms with Crippen LogP contribution in [-0.4, -0.2) is 12.9 Å². The summed E-state index contributed by atoms with van der Waals surface area (Å²) < 4.78 is 18.2. The standard InChI is InChI=1S/C12H10FNO2S/c1-16-8-5-11(17-6-8)12(15)7-2-3-10(14)9(13)4-7/h2-6H,14H2,1H3. The highest BCUT2D eigenvalue weighted by atomic mass is 32.1. The highest BCUT2D eigenvalue weighted by molar-refractivity contribution is 7.12. The Balaban J connectivity index is 2.33. The Labute approximate surface area is 102 Å². The van der Waals surface area contributed by atoms with Gasteiger partial charge in [-0.05, 0) is 18.2 Å². The number of methoxy groups -OCH3 is 1. The van der Waals surface area contributed by atoms with Crippen LogP contribution in [0.25, 0.3) is 0 Å². The third-order valence-electron chi connectivity index (χ3n) is 2.30. The van der Waals surface area contributed by atoms with Gasteiger partial charge in [0.05, 0.1) is 17.7 Å². The lowest BCUT2D eigenvalue weighted by Gasteiger charge is -2.00. The number of anilines is 1. The third-order valence-corrected chi connectivity index (χ3v) is 3.20. The molecular formula is C12H10FNO2S. The summed E-state index contributed by atoms with van der Waals surface area (Å²) >= 11 is 1.26. The van der Waals surface area contributed by atoms with E-state index in [0.717, 1.165) is 6.07 Å². The summed E-state index contributed by atoms with van der Waals surface area (Å²) in [7, 11) is 1.53. The van der Waals surface area contributed by atoms with E-state index in [9.17, 15) is 9.18 Å². The van der Waals surface area contributed by atoms with Crippen LogP contribution in [0, 0.1) is 5.82 Å². The quantitative estimate of drug-likeness (QED) is 0.674. The van der Waals surface area contributed by atoms with Crippen LogP contribution in [0.5, 0.6) is 5.75 Å². The molecule has 17 heavy (non-hydrogen) atoms. The predicted octanol–water partition coefficient (Wildman–Crippen LogP) is 2.71. The van der Waals surface area contributed by atoms with Crippen molar-refractivity contribution < 1.29 is 13.9 Å². The normalized spacial score (nSPS) is 10.2. The Hall–Kier alpha value is -1.88. The molecule has 0 aliphatic heterocycles. The number of ether oxygens (including phenoxy) is 1. The number of thiophene rings is 1. The molecule has 1 heterocycles. The SMILES string of the molecule is COc1csc(C(=O)c2ccc(N)c(F)c2)c1. The lowest BCUT2D eigenvalue weighted by atomic mass is 10.1. The minimum atomic E-state index is -0.584. The minimum Gasteiger partial charge on any atom is -0.496 e. The van der Waals surface area contributed by atoms with E-state index in [0.29, 0.717) is 10.6 Å². The molecular weight excluding hydrogens is 241 g/mol. The zero-order chi connectivity index (χ0) is 12.4. The fourth-order valence-corrected chi connectivity index (χ4v) is 2.17. The molecule has 0 saturated carbocycles. The lowest BCUT2D eigenvalue weighted by Crippen LogP contribution is -2.01. The maximum Gasteiger partial charge on any atom is 0.203 e. The van der Waals surface area contributed by atoms with E-state index in [-0.39, 0.29) is 17.0 Å². The summed E-state index contributed by atoms with van der Waals surface area (Å²) in [6.07, 6.45) is 0. The van der Waals surface area contributed by atoms with Gasteiger partial charge in [0, 0.05) is 17.0 Å². The van der Waals surface area contributed by atoms with Crippen LogP contribution >= 0.6 is 11.3 Å². The molecule has 2 rings (SSSR count). The van der Waals surface area contributed by atoms with E-state index < -0.39 is 5.82 Å². The van der Waals surface area contributed by atoms with E-state index in [1.54, 1.807) is 11.4 Å². The maximum atomic E-state index is 13.2. The van der Waals surface area contributed by atoms with E-state index in [4.69, 9.17) is 10.5 Å². The molecule has 2 aromatic rings. The molecule has 0 aliphatic rings. The monoisotopic (exact) mass is 251 g/mol. The third kappa shape index (κ3) is 2.29. The topological polar surface area (TPSA) is 52.3 Å². The highest BCUT2D eigenvalue weighted by Crippen LogP contribution is 2.24. The highest BCUT2D eigenvalue weighted by Gasteiger charge is 2.13. The summed E-state index contributed by atoms with van der Waals surface area (Å²) in [5, 5.41) is 1.72. The molecule has 0 aliphatic carbocycles. The van der Waals surface area contributed by atoms with Gasteiger partial charge < -0.3 is 10.5 Å². The summed E-state index contributed by atoms with van der Waals surface area (Å²) in [6.45, 7) is 0. The largest absolute Gasteiger partial charge is 0.496 e. The summed E-state index contributed by atoms with van der Waals surface area (Å²) in [5.41, 5.74) is 5.66. The average Bonchev–Trinajstić information content (AvgIpc) is 2.80. The molecule has 0 saturated heterocycles. The molecule has 0 amide bonds. The fourth-order valence-electron chi connectivity index (χ4n) is 1.36. The van der Waals surface area contributed by atoms with Crippen LogP contribution in [0.4, 0.5) is 10.1 Å². The molecule has 2 N–H and O–H groups in total. The Morgan fingerprint density at radius 1 is 1.41 bits per heavy atom. The first-order chi connectivity index (χ1) is 8.11. The van der Waals surface area contributed by atoms with Crippen LogP contribution < -0.4 is 10.5 Å². The van der Waals surface area contributed by atoms with Crippen LogP contribution in [0.2, 0.25) is 0 Å². The van der Waals surface area contributed by atoms with Gasteiger partial charge in [-0.2, -0.15) is 0 Å². The van der Waals surface area contributed by atoms with E-state index in [1.807, 2.05) is 0 Å². The van der Waals surface area contributed by atoms with Gasteiger partial charge in [-0.1, -0.05) is 0 Å². The number of carbonyl (C=O) groups excluding carboxylic acids is 1. The Bertz CT molecular complexity index is 565. The first-order valence-electron chi connectivity index (χ1n) is 4.84. The molecule has 0 unspecified atom stereocenters. The van der Waals surface area contributed by atoms with Crippen molar-refractivity contribution >= 4 is 22.8 Å². The Morgan fingerprint density at radius 2 is 2.18 bits per heavy atom. The van der Waals surface area contributed by atoms with E-state index >= 15 is 0 Å². The second-order valence-corrected chi connectivity index (χ2v) is 4.33. The van der Waals surface area contributed by atoms with Crippen LogP contribution in [-0.2, 0) is 0 Å². The number of nitrogen functional groups attached to an aromatic ring is 1. The van der Waals surface area contributed by atoms with Crippen molar-refractivity contribution in [1.29, 1.82) is 0 Å². The van der Waals surface area contributed by atoms with Gasteiger partial charge in [-0.3, -0.25) is 4.79 Å². The van der Waals surface area contributed by atoms with Crippen molar-refractivity contribution in [2.45, 2.75) is 0 Å². The first-order valence-corrected chi connectivity index (χ1v) is 5.72. The molecule has 0 radical (unpaired) electrons. The second kappa shape index (κ2) is 4.55. The fraction of sp³-hybridized carbons (Fsp3) is 0.0833. The van der Waals surface area contributed by atoms with Gasteiger partial charge in [-0.15, -0.1) is 11.3 Å².